The fourth-order valence-corrected chi connectivity index (χ4v) is 4.95. The third kappa shape index (κ3) is 4.12. The maximum atomic E-state index is 12.8. The van der Waals surface area contributed by atoms with Gasteiger partial charge in [-0.05, 0) is 44.4 Å². The molecule has 1 N–H and O–H groups in total. The molecule has 1 fully saturated rings. The second-order valence-corrected chi connectivity index (χ2v) is 8.83. The van der Waals surface area contributed by atoms with E-state index in [2.05, 4.69) is 26.2 Å². The molecular weight excluding hydrogens is 412 g/mol. The Labute approximate surface area is 185 Å². The molecule has 3 heterocycles. The summed E-state index contributed by atoms with van der Waals surface area (Å²) in [6, 6.07) is 6.23. The van der Waals surface area contributed by atoms with Gasteiger partial charge in [-0.2, -0.15) is 5.26 Å². The molecule has 0 spiro atoms. The van der Waals surface area contributed by atoms with Crippen LogP contribution in [0.15, 0.2) is 28.0 Å². The molecule has 162 valence electrons. The molecule has 4 rings (SSSR count). The van der Waals surface area contributed by atoms with Crippen LogP contribution in [-0.2, 0) is 11.8 Å². The van der Waals surface area contributed by atoms with Crippen LogP contribution in [-0.4, -0.2) is 31.0 Å². The van der Waals surface area contributed by atoms with E-state index in [4.69, 9.17) is 4.42 Å². The second kappa shape index (κ2) is 9.02. The number of furan rings is 1. The Kier molecular flexibility index (Phi) is 6.18. The minimum absolute atomic E-state index is 0.168. The summed E-state index contributed by atoms with van der Waals surface area (Å²) in [5.74, 6) is 1.87. The van der Waals surface area contributed by atoms with Crippen LogP contribution in [0.4, 0.5) is 5.82 Å². The number of nitriles is 1. The van der Waals surface area contributed by atoms with Gasteiger partial charge < -0.3 is 18.9 Å². The van der Waals surface area contributed by atoms with Gasteiger partial charge in [0.2, 0.25) is 5.91 Å². The fraction of sp³-hybridized carbons (Fsp3) is 0.455. The van der Waals surface area contributed by atoms with Gasteiger partial charge in [0.1, 0.15) is 11.9 Å². The van der Waals surface area contributed by atoms with Gasteiger partial charge in [-0.1, -0.05) is 31.0 Å². The zero-order valence-corrected chi connectivity index (χ0v) is 18.8. The molecule has 9 heteroatoms. The van der Waals surface area contributed by atoms with Gasteiger partial charge in [0.25, 0.3) is 0 Å². The Morgan fingerprint density at radius 1 is 1.32 bits per heavy atom. The van der Waals surface area contributed by atoms with Crippen molar-refractivity contribution in [3.63, 3.8) is 0 Å². The first-order chi connectivity index (χ1) is 15.0. The summed E-state index contributed by atoms with van der Waals surface area (Å²) in [5, 5.41) is 21.7. The minimum Gasteiger partial charge on any atom is -0.461 e. The quantitative estimate of drug-likeness (QED) is 0.564. The summed E-state index contributed by atoms with van der Waals surface area (Å²) in [7, 11) is 1.84. The molecule has 1 saturated carbocycles. The molecule has 0 aromatic carbocycles. The average Bonchev–Trinajstić information content (AvgIpc) is 3.47. The molecular formula is C22H26N6O2S. The number of nitrogens with one attached hydrogen (secondary N) is 1. The summed E-state index contributed by atoms with van der Waals surface area (Å²) >= 11 is 1.30. The topological polar surface area (TPSA) is 102 Å². The summed E-state index contributed by atoms with van der Waals surface area (Å²) in [6.07, 6.45) is 7.34. The van der Waals surface area contributed by atoms with E-state index in [-0.39, 0.29) is 11.7 Å². The number of anilines is 1. The summed E-state index contributed by atoms with van der Waals surface area (Å²) in [5.41, 5.74) is 2.55. The van der Waals surface area contributed by atoms with E-state index in [0.29, 0.717) is 34.2 Å². The zero-order valence-electron chi connectivity index (χ0n) is 18.0. The highest BCUT2D eigenvalue weighted by Crippen LogP contribution is 2.37. The lowest BCUT2D eigenvalue weighted by Gasteiger charge is -2.27. The second-order valence-electron chi connectivity index (χ2n) is 7.89. The fourth-order valence-electron chi connectivity index (χ4n) is 4.24. The maximum absolute atomic E-state index is 12.8. The predicted octanol–water partition coefficient (Wildman–Crippen LogP) is 4.60. The van der Waals surface area contributed by atoms with Crippen LogP contribution in [0.3, 0.4) is 0 Å². The van der Waals surface area contributed by atoms with Crippen molar-refractivity contribution < 1.29 is 9.21 Å². The molecule has 1 amide bonds. The molecule has 0 atom stereocenters. The van der Waals surface area contributed by atoms with Gasteiger partial charge >= 0.3 is 0 Å². The van der Waals surface area contributed by atoms with Gasteiger partial charge in [0, 0.05) is 18.8 Å². The lowest BCUT2D eigenvalue weighted by molar-refractivity contribution is -0.113. The van der Waals surface area contributed by atoms with E-state index < -0.39 is 0 Å². The van der Waals surface area contributed by atoms with Crippen molar-refractivity contribution in [1.29, 1.82) is 5.26 Å². The molecule has 1 aliphatic carbocycles. The van der Waals surface area contributed by atoms with Crippen molar-refractivity contribution in [1.82, 2.24) is 19.3 Å². The first kappa shape index (κ1) is 21.2. The van der Waals surface area contributed by atoms with E-state index >= 15 is 0 Å². The smallest absolute Gasteiger partial charge is 0.235 e. The SMILES string of the molecule is Cc1c(C#N)c(NC(=O)CSc2nnc(-c3ccco3)n2C)n(C2CCCCC2)c1C. The maximum Gasteiger partial charge on any atom is 0.235 e. The lowest BCUT2D eigenvalue weighted by Crippen LogP contribution is -2.22. The van der Waals surface area contributed by atoms with Crippen molar-refractivity contribution >= 4 is 23.5 Å². The Morgan fingerprint density at radius 2 is 2.10 bits per heavy atom. The van der Waals surface area contributed by atoms with E-state index in [1.54, 1.807) is 16.9 Å². The van der Waals surface area contributed by atoms with E-state index in [1.165, 1.54) is 31.0 Å². The summed E-state index contributed by atoms with van der Waals surface area (Å²) in [4.78, 5) is 12.8. The lowest BCUT2D eigenvalue weighted by atomic mass is 9.95. The molecule has 0 unspecified atom stereocenters. The largest absolute Gasteiger partial charge is 0.461 e. The van der Waals surface area contributed by atoms with E-state index in [9.17, 15) is 10.1 Å². The first-order valence-electron chi connectivity index (χ1n) is 10.5. The molecule has 0 bridgehead atoms. The Morgan fingerprint density at radius 3 is 2.77 bits per heavy atom. The van der Waals surface area contributed by atoms with Crippen LogP contribution in [0.2, 0.25) is 0 Å². The third-order valence-electron chi connectivity index (χ3n) is 5.98. The van der Waals surface area contributed by atoms with Gasteiger partial charge in [0.15, 0.2) is 16.7 Å². The number of hydrogen-bond acceptors (Lipinski definition) is 6. The number of thioether (sulfide) groups is 1. The monoisotopic (exact) mass is 438 g/mol. The zero-order chi connectivity index (χ0) is 22.0. The molecule has 3 aromatic heterocycles. The first-order valence-corrected chi connectivity index (χ1v) is 11.5. The number of carbonyl (C=O) groups excluding carboxylic acids is 1. The minimum atomic E-state index is -0.168. The number of rotatable bonds is 6. The molecule has 0 radical (unpaired) electrons. The molecule has 0 saturated heterocycles. The number of amides is 1. The Bertz CT molecular complexity index is 1120. The van der Waals surface area contributed by atoms with E-state index in [1.807, 2.05) is 27.0 Å². The average molecular weight is 439 g/mol. The van der Waals surface area contributed by atoms with Gasteiger partial charge in [0.05, 0.1) is 17.6 Å². The van der Waals surface area contributed by atoms with Crippen LogP contribution < -0.4 is 5.32 Å². The van der Waals surface area contributed by atoms with Crippen molar-refractivity contribution in [2.45, 2.75) is 57.1 Å². The Balaban J connectivity index is 1.50. The van der Waals surface area contributed by atoms with Gasteiger partial charge in [-0.25, -0.2) is 0 Å². The number of nitrogens with zero attached hydrogens (tertiary/aromatic N) is 5. The highest BCUT2D eigenvalue weighted by molar-refractivity contribution is 7.99. The van der Waals surface area contributed by atoms with Crippen LogP contribution >= 0.6 is 11.8 Å². The Hall–Kier alpha value is -2.99. The molecule has 8 nitrogen and oxygen atoms in total. The molecule has 3 aromatic rings. The van der Waals surface area contributed by atoms with Crippen molar-refractivity contribution in [2.24, 2.45) is 7.05 Å². The van der Waals surface area contributed by atoms with Gasteiger partial charge in [-0.15, -0.1) is 10.2 Å². The highest BCUT2D eigenvalue weighted by Gasteiger charge is 2.26. The standard InChI is InChI=1S/C22H26N6O2S/c1-14-15(2)28(16-8-5-4-6-9-16)20(17(14)12-23)24-19(29)13-31-22-26-25-21(27(22)3)18-10-7-11-30-18/h7,10-11,16H,4-6,8-9,13H2,1-3H3,(H,24,29). The van der Waals surface area contributed by atoms with Crippen LogP contribution in [0.5, 0.6) is 0 Å². The van der Waals surface area contributed by atoms with Crippen LogP contribution in [0.1, 0.15) is 55.0 Å². The molecule has 31 heavy (non-hydrogen) atoms. The number of carbonyl (C=O) groups is 1. The highest BCUT2D eigenvalue weighted by atomic mass is 32.2. The predicted molar refractivity (Wildman–Crippen MR) is 119 cm³/mol. The van der Waals surface area contributed by atoms with Crippen molar-refractivity contribution in [3.05, 3.63) is 35.2 Å². The van der Waals surface area contributed by atoms with E-state index in [0.717, 1.165) is 24.1 Å². The number of hydrogen-bond donors (Lipinski definition) is 1. The van der Waals surface area contributed by atoms with Gasteiger partial charge in [-0.3, -0.25) is 4.79 Å². The van der Waals surface area contributed by atoms with Crippen molar-refractivity contribution in [3.8, 4) is 17.7 Å². The summed E-state index contributed by atoms with van der Waals surface area (Å²) < 4.78 is 9.36. The van der Waals surface area contributed by atoms with Crippen molar-refractivity contribution in [2.75, 3.05) is 11.1 Å². The third-order valence-corrected chi connectivity index (χ3v) is 7.00. The summed E-state index contributed by atoms with van der Waals surface area (Å²) in [6.45, 7) is 3.98. The molecule has 0 aliphatic heterocycles. The molecule has 1 aliphatic rings. The normalized spacial score (nSPS) is 14.5. The van der Waals surface area contributed by atoms with Crippen LogP contribution in [0, 0.1) is 25.2 Å². The van der Waals surface area contributed by atoms with Crippen LogP contribution in [0.25, 0.3) is 11.6 Å². The number of aromatic nitrogens is 4.